The molecule has 1 amide bonds. The zero-order chi connectivity index (χ0) is 13.6. The molecule has 1 aromatic rings. The predicted octanol–water partition coefficient (Wildman–Crippen LogP) is -0.576. The molecule has 2 fully saturated rings. The zero-order valence-electron chi connectivity index (χ0n) is 11.2. The predicted molar refractivity (Wildman–Crippen MR) is 70.1 cm³/mol. The Morgan fingerprint density at radius 2 is 2.21 bits per heavy atom. The van der Waals surface area contributed by atoms with Crippen molar-refractivity contribution in [2.24, 2.45) is 0 Å². The van der Waals surface area contributed by atoms with Crippen molar-refractivity contribution in [3.63, 3.8) is 0 Å². The van der Waals surface area contributed by atoms with Crippen molar-refractivity contribution in [2.45, 2.75) is 13.1 Å². The number of pyridine rings is 1. The van der Waals surface area contributed by atoms with Crippen molar-refractivity contribution < 1.29 is 9.53 Å². The van der Waals surface area contributed by atoms with Gasteiger partial charge in [0.15, 0.2) is 6.17 Å². The molecule has 2 aliphatic rings. The fourth-order valence-electron chi connectivity index (χ4n) is 2.94. The summed E-state index contributed by atoms with van der Waals surface area (Å²) >= 11 is 0. The van der Waals surface area contributed by atoms with Crippen LogP contribution in [0.2, 0.25) is 0 Å². The van der Waals surface area contributed by atoms with Gasteiger partial charge in [0.1, 0.15) is 20.2 Å². The number of hydrogen-bond donors (Lipinski definition) is 0. The largest absolute Gasteiger partial charge is 0.372 e. The van der Waals surface area contributed by atoms with Crippen molar-refractivity contribution in [1.29, 1.82) is 0 Å². The Labute approximate surface area is 111 Å². The van der Waals surface area contributed by atoms with Crippen molar-refractivity contribution in [3.05, 3.63) is 34.2 Å². The molecule has 1 aromatic heterocycles. The maximum absolute atomic E-state index is 12.4. The first-order chi connectivity index (χ1) is 9.05. The number of quaternary nitrogens is 1. The van der Waals surface area contributed by atoms with Crippen LogP contribution in [-0.2, 0) is 9.53 Å². The van der Waals surface area contributed by atoms with Crippen LogP contribution in [0.5, 0.6) is 0 Å². The molecule has 0 aliphatic carbocycles. The molecular weight excluding hydrogens is 246 g/mol. The first-order valence-corrected chi connectivity index (χ1v) is 6.45. The van der Waals surface area contributed by atoms with Crippen LogP contribution in [0.25, 0.3) is 0 Å². The van der Waals surface area contributed by atoms with Crippen LogP contribution in [0.3, 0.4) is 0 Å². The molecule has 0 N–H and O–H groups in total. The van der Waals surface area contributed by atoms with Gasteiger partial charge in [0, 0.05) is 12.1 Å². The average Bonchev–Trinajstić information content (AvgIpc) is 2.66. The Bertz CT molecular complexity index is 583. The van der Waals surface area contributed by atoms with Crippen LogP contribution in [0, 0.1) is 6.92 Å². The number of likely N-dealkylation sites (N-methyl/N-ethyl adjacent to an activating group) is 1. The summed E-state index contributed by atoms with van der Waals surface area (Å²) in [5.74, 6) is 0.0307. The highest BCUT2D eigenvalue weighted by molar-refractivity contribution is 5.86. The molecule has 2 atom stereocenters. The second kappa shape index (κ2) is 4.26. The van der Waals surface area contributed by atoms with Crippen LogP contribution in [0.4, 0.5) is 0 Å². The van der Waals surface area contributed by atoms with E-state index in [9.17, 15) is 9.59 Å². The van der Waals surface area contributed by atoms with Crippen LogP contribution in [0.15, 0.2) is 23.1 Å². The summed E-state index contributed by atoms with van der Waals surface area (Å²) in [5, 5.41) is 0. The van der Waals surface area contributed by atoms with Gasteiger partial charge in [-0.25, -0.2) is 9.69 Å². The summed E-state index contributed by atoms with van der Waals surface area (Å²) in [7, 11) is 1.79. The van der Waals surface area contributed by atoms with E-state index in [1.54, 1.807) is 32.3 Å². The molecule has 3 heterocycles. The molecule has 0 saturated carbocycles. The third kappa shape index (κ3) is 1.68. The topological polar surface area (TPSA) is 51.5 Å². The third-order valence-electron chi connectivity index (χ3n) is 4.20. The summed E-state index contributed by atoms with van der Waals surface area (Å²) in [6.07, 6.45) is 1.58. The van der Waals surface area contributed by atoms with E-state index in [4.69, 9.17) is 4.74 Å². The molecule has 3 rings (SSSR count). The Hall–Kier alpha value is -1.50. The highest BCUT2D eigenvalue weighted by Crippen LogP contribution is 2.23. The quantitative estimate of drug-likeness (QED) is 0.637. The number of carbonyl (C=O) groups excluding carboxylic acids is 1. The number of morpholine rings is 1. The van der Waals surface area contributed by atoms with Gasteiger partial charge in [0.25, 0.3) is 5.56 Å². The molecular formula is C13H18N3O3+. The summed E-state index contributed by atoms with van der Waals surface area (Å²) in [6.45, 7) is 4.01. The number of carbonyl (C=O) groups is 1. The Balaban J connectivity index is 2.13. The highest BCUT2D eigenvalue weighted by atomic mass is 16.5. The Kier molecular flexibility index (Phi) is 2.81. The first-order valence-electron chi connectivity index (χ1n) is 6.45. The van der Waals surface area contributed by atoms with Crippen LogP contribution >= 0.6 is 0 Å². The van der Waals surface area contributed by atoms with Gasteiger partial charge in [-0.1, -0.05) is 6.07 Å². The first kappa shape index (κ1) is 12.5. The number of rotatable bonds is 1. The molecule has 0 spiro atoms. The van der Waals surface area contributed by atoms with Crippen LogP contribution < -0.4 is 10.2 Å². The second-order valence-corrected chi connectivity index (χ2v) is 5.29. The molecule has 6 nitrogen and oxygen atoms in total. The van der Waals surface area contributed by atoms with Gasteiger partial charge in [-0.05, 0) is 13.0 Å². The maximum Gasteiger partial charge on any atom is 0.353 e. The standard InChI is InChI=1S/C13H18N3O3/c1-10-4-3-5-15(13(10)18)16(2)11-9-19-7-6-14(11)8-12(16)17/h3-5,11H,6-9H2,1-2H3/q+1. The van der Waals surface area contributed by atoms with Gasteiger partial charge < -0.3 is 4.74 Å². The molecule has 0 aromatic carbocycles. The summed E-state index contributed by atoms with van der Waals surface area (Å²) in [4.78, 5) is 26.9. The van der Waals surface area contributed by atoms with Crippen LogP contribution in [0.1, 0.15) is 5.56 Å². The van der Waals surface area contributed by atoms with Crippen molar-refractivity contribution in [2.75, 3.05) is 33.4 Å². The Morgan fingerprint density at radius 3 is 3.00 bits per heavy atom. The fraction of sp³-hybridized carbons (Fsp3) is 0.538. The highest BCUT2D eigenvalue weighted by Gasteiger charge is 2.55. The van der Waals surface area contributed by atoms with E-state index >= 15 is 0 Å². The number of hydrogen-bond acceptors (Lipinski definition) is 4. The number of amides is 1. The molecule has 19 heavy (non-hydrogen) atoms. The van der Waals surface area contributed by atoms with E-state index in [-0.39, 0.29) is 22.2 Å². The van der Waals surface area contributed by atoms with Crippen molar-refractivity contribution in [1.82, 2.24) is 14.2 Å². The minimum absolute atomic E-state index is 0.0307. The van der Waals surface area contributed by atoms with Gasteiger partial charge in [-0.2, -0.15) is 4.68 Å². The van der Waals surface area contributed by atoms with Gasteiger partial charge in [0.05, 0.1) is 12.8 Å². The van der Waals surface area contributed by atoms with E-state index in [0.717, 1.165) is 6.54 Å². The molecule has 102 valence electrons. The molecule has 6 heteroatoms. The molecule has 2 aliphatic heterocycles. The lowest BCUT2D eigenvalue weighted by molar-refractivity contribution is -0.135. The van der Waals surface area contributed by atoms with Gasteiger partial charge in [-0.3, -0.25) is 4.79 Å². The third-order valence-corrected chi connectivity index (χ3v) is 4.20. The van der Waals surface area contributed by atoms with E-state index in [0.29, 0.717) is 25.3 Å². The van der Waals surface area contributed by atoms with Crippen molar-refractivity contribution >= 4 is 5.91 Å². The number of aryl methyl sites for hydroxylation is 1. The van der Waals surface area contributed by atoms with E-state index in [1.165, 1.54) is 4.68 Å². The molecule has 2 saturated heterocycles. The lowest BCUT2D eigenvalue weighted by atomic mass is 10.3. The summed E-state index contributed by atoms with van der Waals surface area (Å²) in [5.41, 5.74) is 0.524. The SMILES string of the molecule is Cc1cccn([N+]2(C)C(=O)CN3CCOCC32)c1=O. The summed E-state index contributed by atoms with van der Waals surface area (Å²) in [6, 6.07) is 3.57. The lowest BCUT2D eigenvalue weighted by Crippen LogP contribution is -2.68. The van der Waals surface area contributed by atoms with E-state index in [1.807, 2.05) is 0 Å². The average molecular weight is 264 g/mol. The van der Waals surface area contributed by atoms with E-state index < -0.39 is 0 Å². The number of nitrogens with zero attached hydrogens (tertiary/aromatic N) is 3. The van der Waals surface area contributed by atoms with Gasteiger partial charge in [0.2, 0.25) is 0 Å². The van der Waals surface area contributed by atoms with Crippen molar-refractivity contribution in [3.8, 4) is 0 Å². The van der Waals surface area contributed by atoms with Gasteiger partial charge in [-0.15, -0.1) is 4.59 Å². The minimum Gasteiger partial charge on any atom is -0.372 e. The van der Waals surface area contributed by atoms with E-state index in [2.05, 4.69) is 4.90 Å². The smallest absolute Gasteiger partial charge is 0.353 e. The number of ether oxygens (including phenoxy) is 1. The maximum atomic E-state index is 12.4. The lowest BCUT2D eigenvalue weighted by Gasteiger charge is -2.37. The van der Waals surface area contributed by atoms with Gasteiger partial charge >= 0.3 is 5.91 Å². The number of aromatic nitrogens is 1. The molecule has 2 unspecified atom stereocenters. The molecule has 0 radical (unpaired) electrons. The summed E-state index contributed by atoms with van der Waals surface area (Å²) < 4.78 is 6.98. The minimum atomic E-state index is -0.120. The monoisotopic (exact) mass is 264 g/mol. The fourth-order valence-corrected chi connectivity index (χ4v) is 2.94. The number of fused-ring (bicyclic) bond motifs is 1. The second-order valence-electron chi connectivity index (χ2n) is 5.29. The normalized spacial score (nSPS) is 31.5. The zero-order valence-corrected chi connectivity index (χ0v) is 11.2. The Morgan fingerprint density at radius 1 is 1.42 bits per heavy atom. The molecule has 0 bridgehead atoms. The van der Waals surface area contributed by atoms with Crippen LogP contribution in [-0.4, -0.2) is 55.0 Å².